The summed E-state index contributed by atoms with van der Waals surface area (Å²) in [4.78, 5) is 47.4. The minimum atomic E-state index is -1.53. The highest BCUT2D eigenvalue weighted by atomic mass is 16.5. The molecule has 10 heteroatoms. The molecule has 0 bridgehead atoms. The van der Waals surface area contributed by atoms with Gasteiger partial charge in [0, 0.05) is 82.7 Å². The Bertz CT molecular complexity index is 2120. The summed E-state index contributed by atoms with van der Waals surface area (Å²) in [6.45, 7) is 8.83. The van der Waals surface area contributed by atoms with E-state index in [4.69, 9.17) is 9.47 Å². The van der Waals surface area contributed by atoms with Crippen LogP contribution < -0.4 is 10.6 Å². The van der Waals surface area contributed by atoms with Crippen molar-refractivity contribution in [2.75, 3.05) is 44.5 Å². The van der Waals surface area contributed by atoms with E-state index < -0.39 is 27.6 Å². The van der Waals surface area contributed by atoms with Gasteiger partial charge in [-0.05, 0) is 55.4 Å². The Morgan fingerprint density at radius 2 is 1.85 bits per heavy atom. The standard InChI is InChI=1S/C42H44N4O6/c1-5-38-13-9-16-45-18-15-40(34(38)45)27-19-24(31(47)20-29(27)43-32(40)25(21-38)33(48)51-3)30-22-41-26-11-7-8-12-28(26)44-36(49)42(41,37(50)52-4)23-39(6-2)14-10-17-46(30)35(39)41/h6-14,19-20,30,34-35,43,47H,2,5,15-18,21-23H2,1,3-4H3,(H,44,49)/t30-,34+,35+,38+,39+,40+,41-,42+/m1/s1. The van der Waals surface area contributed by atoms with Gasteiger partial charge in [0.05, 0.1) is 25.2 Å². The van der Waals surface area contributed by atoms with Gasteiger partial charge in [-0.15, -0.1) is 6.58 Å². The number of nitrogens with one attached hydrogen (secondary N) is 2. The first kappa shape index (κ1) is 32.0. The highest BCUT2D eigenvalue weighted by Crippen LogP contribution is 2.75. The van der Waals surface area contributed by atoms with Crippen molar-refractivity contribution in [1.29, 1.82) is 0 Å². The molecular formula is C42H44N4O6. The molecule has 10 rings (SSSR count). The Labute approximate surface area is 303 Å². The molecule has 10 nitrogen and oxygen atoms in total. The Morgan fingerprint density at radius 1 is 1.04 bits per heavy atom. The first-order chi connectivity index (χ1) is 25.1. The molecule has 1 amide bonds. The van der Waals surface area contributed by atoms with Crippen LogP contribution in [0.1, 0.15) is 61.8 Å². The molecule has 52 heavy (non-hydrogen) atoms. The number of phenolic OH excluding ortho intramolecular Hbond substituents is 1. The lowest BCUT2D eigenvalue weighted by molar-refractivity contribution is -0.162. The van der Waals surface area contributed by atoms with Crippen molar-refractivity contribution in [2.45, 2.75) is 68.0 Å². The second kappa shape index (κ2) is 10.3. The number of para-hydroxylation sites is 1. The van der Waals surface area contributed by atoms with Crippen LogP contribution in [0.4, 0.5) is 11.4 Å². The van der Waals surface area contributed by atoms with E-state index in [1.807, 2.05) is 36.4 Å². The molecule has 268 valence electrons. The number of amides is 1. The van der Waals surface area contributed by atoms with Gasteiger partial charge in [-0.1, -0.05) is 55.5 Å². The van der Waals surface area contributed by atoms with Crippen molar-refractivity contribution in [3.63, 3.8) is 0 Å². The minimum absolute atomic E-state index is 0.123. The first-order valence-corrected chi connectivity index (χ1v) is 18.6. The number of hydrogen-bond acceptors (Lipinski definition) is 9. The molecule has 8 aliphatic rings. The Balaban J connectivity index is 1.21. The second-order valence-corrected chi connectivity index (χ2v) is 16.3. The van der Waals surface area contributed by atoms with Gasteiger partial charge in [0.1, 0.15) is 5.75 Å². The van der Waals surface area contributed by atoms with Gasteiger partial charge in [0.25, 0.3) is 0 Å². The molecule has 3 N–H and O–H groups in total. The number of nitrogens with zero attached hydrogens (tertiary/aromatic N) is 2. The fourth-order valence-electron chi connectivity index (χ4n) is 13.1. The van der Waals surface area contributed by atoms with Crippen LogP contribution in [0.2, 0.25) is 0 Å². The third-order valence-corrected chi connectivity index (χ3v) is 14.8. The number of rotatable bonds is 5. The Hall–Kier alpha value is -4.67. The number of methoxy groups -OCH3 is 2. The molecule has 0 aromatic heterocycles. The Kier molecular flexibility index (Phi) is 6.32. The summed E-state index contributed by atoms with van der Waals surface area (Å²) in [5.74, 6) is -1.09. The number of esters is 2. The van der Waals surface area contributed by atoms with Crippen LogP contribution >= 0.6 is 0 Å². The molecule has 3 fully saturated rings. The van der Waals surface area contributed by atoms with E-state index in [1.54, 1.807) is 0 Å². The number of carbonyl (C=O) groups excluding carboxylic acids is 3. The lowest BCUT2D eigenvalue weighted by Gasteiger charge is -2.53. The smallest absolute Gasteiger partial charge is 0.335 e. The average Bonchev–Trinajstić information content (AvgIpc) is 3.90. The van der Waals surface area contributed by atoms with Gasteiger partial charge in [0.2, 0.25) is 5.91 Å². The molecule has 2 aromatic rings. The predicted octanol–water partition coefficient (Wildman–Crippen LogP) is 5.24. The van der Waals surface area contributed by atoms with Gasteiger partial charge in [-0.25, -0.2) is 4.79 Å². The maximum Gasteiger partial charge on any atom is 0.335 e. The number of benzene rings is 2. The summed E-state index contributed by atoms with van der Waals surface area (Å²) >= 11 is 0. The van der Waals surface area contributed by atoms with Crippen LogP contribution in [-0.4, -0.2) is 78.7 Å². The topological polar surface area (TPSA) is 120 Å². The number of carbonyl (C=O) groups is 3. The fraction of sp³-hybridized carbons (Fsp3) is 0.452. The van der Waals surface area contributed by atoms with Crippen LogP contribution in [0.25, 0.3) is 0 Å². The van der Waals surface area contributed by atoms with Gasteiger partial charge >= 0.3 is 11.9 Å². The van der Waals surface area contributed by atoms with Crippen molar-refractivity contribution in [2.24, 2.45) is 16.2 Å². The second-order valence-electron chi connectivity index (χ2n) is 16.3. The van der Waals surface area contributed by atoms with Gasteiger partial charge < -0.3 is 25.2 Å². The first-order valence-electron chi connectivity index (χ1n) is 18.6. The van der Waals surface area contributed by atoms with Crippen LogP contribution in [-0.2, 0) is 34.7 Å². The quantitative estimate of drug-likeness (QED) is 0.219. The van der Waals surface area contributed by atoms with Crippen LogP contribution in [0.3, 0.4) is 0 Å². The molecule has 2 aliphatic carbocycles. The van der Waals surface area contributed by atoms with Crippen LogP contribution in [0, 0.1) is 16.2 Å². The zero-order valence-electron chi connectivity index (χ0n) is 29.8. The Morgan fingerprint density at radius 3 is 2.62 bits per heavy atom. The number of fused-ring (bicyclic) bond motifs is 2. The average molecular weight is 701 g/mol. The summed E-state index contributed by atoms with van der Waals surface area (Å²) in [5.41, 5.74) is 1.84. The lowest BCUT2D eigenvalue weighted by atomic mass is 9.55. The molecule has 0 unspecified atom stereocenters. The number of hydrogen-bond donors (Lipinski definition) is 3. The third kappa shape index (κ3) is 3.34. The highest BCUT2D eigenvalue weighted by Gasteiger charge is 2.81. The zero-order valence-corrected chi connectivity index (χ0v) is 29.8. The number of ether oxygens (including phenoxy) is 2. The van der Waals surface area contributed by atoms with Crippen molar-refractivity contribution < 1.29 is 29.0 Å². The fourth-order valence-corrected chi connectivity index (χ4v) is 13.1. The molecular weight excluding hydrogens is 656 g/mol. The van der Waals surface area contributed by atoms with E-state index >= 15 is 0 Å². The normalized spacial score (nSPS) is 38.7. The monoisotopic (exact) mass is 700 g/mol. The van der Waals surface area contributed by atoms with Crippen molar-refractivity contribution in [3.8, 4) is 5.75 Å². The van der Waals surface area contributed by atoms with Crippen molar-refractivity contribution in [1.82, 2.24) is 9.80 Å². The molecule has 0 radical (unpaired) electrons. The van der Waals surface area contributed by atoms with E-state index in [0.717, 1.165) is 54.0 Å². The largest absolute Gasteiger partial charge is 0.508 e. The SMILES string of the molecule is C=C[C@]12C=CCN3[C@@H](c4cc5c(cc4O)NC4=C(C(=O)OC)C[C@]6(CC)C=CCN7CC[C@@]45[C@@H]76)C[C@@]4(c5ccccc5NC(=O)[C@]4(C(=O)OC)C1)[C@@H]32. The summed E-state index contributed by atoms with van der Waals surface area (Å²) in [6.07, 6.45) is 13.7. The third-order valence-electron chi connectivity index (χ3n) is 14.8. The van der Waals surface area contributed by atoms with Crippen molar-refractivity contribution in [3.05, 3.63) is 101 Å². The van der Waals surface area contributed by atoms with E-state index in [0.29, 0.717) is 30.6 Å². The van der Waals surface area contributed by atoms with E-state index in [9.17, 15) is 19.5 Å². The van der Waals surface area contributed by atoms with E-state index in [2.05, 4.69) is 64.3 Å². The molecule has 6 aliphatic heterocycles. The molecule has 2 aromatic carbocycles. The zero-order chi connectivity index (χ0) is 36.0. The minimum Gasteiger partial charge on any atom is -0.508 e. The highest BCUT2D eigenvalue weighted by molar-refractivity contribution is 6.14. The van der Waals surface area contributed by atoms with Crippen LogP contribution in [0.15, 0.2) is 84.6 Å². The van der Waals surface area contributed by atoms with Gasteiger partial charge in [-0.2, -0.15) is 0 Å². The van der Waals surface area contributed by atoms with Crippen LogP contribution in [0.5, 0.6) is 5.75 Å². The maximum atomic E-state index is 14.6. The number of aromatic hydroxyl groups is 1. The summed E-state index contributed by atoms with van der Waals surface area (Å²) in [6, 6.07) is 11.3. The summed E-state index contributed by atoms with van der Waals surface area (Å²) < 4.78 is 11.0. The number of anilines is 2. The number of phenols is 1. The molecule has 8 atom stereocenters. The molecule has 2 saturated heterocycles. The predicted molar refractivity (Wildman–Crippen MR) is 194 cm³/mol. The lowest BCUT2D eigenvalue weighted by Crippen LogP contribution is -2.61. The molecule has 1 saturated carbocycles. The summed E-state index contributed by atoms with van der Waals surface area (Å²) in [7, 11) is 2.81. The van der Waals surface area contributed by atoms with E-state index in [-0.39, 0.29) is 47.6 Å². The molecule has 2 spiro atoms. The maximum absolute atomic E-state index is 14.6. The van der Waals surface area contributed by atoms with Gasteiger partial charge in [-0.3, -0.25) is 19.4 Å². The van der Waals surface area contributed by atoms with Crippen molar-refractivity contribution >= 4 is 29.2 Å². The summed E-state index contributed by atoms with van der Waals surface area (Å²) in [5, 5.41) is 18.9. The van der Waals surface area contributed by atoms with Gasteiger partial charge in [0.15, 0.2) is 5.41 Å². The van der Waals surface area contributed by atoms with E-state index in [1.165, 1.54) is 14.2 Å². The molecule has 6 heterocycles.